The molecule has 0 aromatic carbocycles. The molecule has 0 saturated carbocycles. The van der Waals surface area contributed by atoms with Crippen molar-refractivity contribution in [1.82, 2.24) is 20.3 Å². The van der Waals surface area contributed by atoms with Gasteiger partial charge in [-0.25, -0.2) is 0 Å². The van der Waals surface area contributed by atoms with Crippen LogP contribution in [0.5, 0.6) is 0 Å². The van der Waals surface area contributed by atoms with E-state index in [9.17, 15) is 0 Å². The van der Waals surface area contributed by atoms with Gasteiger partial charge in [-0.15, -0.1) is 5.10 Å². The molecule has 1 aromatic heterocycles. The topological polar surface area (TPSA) is 52.0 Å². The minimum Gasteiger partial charge on any atom is -0.375 e. The molecule has 90 valence electrons. The predicted octanol–water partition coefficient (Wildman–Crippen LogP) is 0.814. The second-order valence-corrected chi connectivity index (χ2v) is 4.28. The van der Waals surface area contributed by atoms with E-state index < -0.39 is 0 Å². The second kappa shape index (κ2) is 5.96. The van der Waals surface area contributed by atoms with E-state index in [4.69, 9.17) is 4.74 Å². The molecule has 1 aliphatic rings. The van der Waals surface area contributed by atoms with E-state index >= 15 is 0 Å². The van der Waals surface area contributed by atoms with E-state index in [1.807, 2.05) is 17.8 Å². The van der Waals surface area contributed by atoms with Gasteiger partial charge in [0.1, 0.15) is 5.69 Å². The zero-order valence-corrected chi connectivity index (χ0v) is 9.85. The Labute approximate surface area is 96.2 Å². The zero-order valence-electron chi connectivity index (χ0n) is 9.85. The molecular formula is C11H20N4O. The Balaban J connectivity index is 1.81. The summed E-state index contributed by atoms with van der Waals surface area (Å²) < 4.78 is 7.23. The molecule has 0 bridgehead atoms. The number of hydrogen-bond acceptors (Lipinski definition) is 4. The lowest BCUT2D eigenvalue weighted by molar-refractivity contribution is 0.131. The van der Waals surface area contributed by atoms with Crippen molar-refractivity contribution in [2.45, 2.75) is 32.9 Å². The van der Waals surface area contributed by atoms with Crippen molar-refractivity contribution >= 4 is 0 Å². The van der Waals surface area contributed by atoms with Crippen molar-refractivity contribution in [1.29, 1.82) is 0 Å². The van der Waals surface area contributed by atoms with Gasteiger partial charge in [0.25, 0.3) is 0 Å². The highest BCUT2D eigenvalue weighted by molar-refractivity contribution is 4.90. The first-order valence-corrected chi connectivity index (χ1v) is 6.06. The van der Waals surface area contributed by atoms with Crippen LogP contribution in [0.15, 0.2) is 6.20 Å². The molecule has 1 aliphatic heterocycles. The average Bonchev–Trinajstić information content (AvgIpc) is 2.75. The van der Waals surface area contributed by atoms with E-state index in [2.05, 4.69) is 15.6 Å². The van der Waals surface area contributed by atoms with Gasteiger partial charge in [-0.3, -0.25) is 4.68 Å². The van der Waals surface area contributed by atoms with E-state index in [0.717, 1.165) is 31.9 Å². The summed E-state index contributed by atoms with van der Waals surface area (Å²) in [6.45, 7) is 6.49. The van der Waals surface area contributed by atoms with Crippen LogP contribution in [0.2, 0.25) is 0 Å². The van der Waals surface area contributed by atoms with E-state index in [-0.39, 0.29) is 0 Å². The zero-order chi connectivity index (χ0) is 11.2. The maximum Gasteiger partial charge on any atom is 0.108 e. The number of aromatic nitrogens is 3. The molecule has 1 unspecified atom stereocenters. The van der Waals surface area contributed by atoms with Crippen LogP contribution in [0.1, 0.15) is 25.5 Å². The Bertz CT molecular complexity index is 307. The van der Waals surface area contributed by atoms with Crippen molar-refractivity contribution in [3.05, 3.63) is 11.9 Å². The minimum atomic E-state index is 0.569. The van der Waals surface area contributed by atoms with Crippen molar-refractivity contribution in [3.8, 4) is 0 Å². The lowest BCUT2D eigenvalue weighted by atomic mass is 10.00. The van der Waals surface area contributed by atoms with Gasteiger partial charge >= 0.3 is 0 Å². The third-order valence-corrected chi connectivity index (χ3v) is 2.88. The summed E-state index contributed by atoms with van der Waals surface area (Å²) in [5.41, 5.74) is 0.922. The molecule has 1 saturated heterocycles. The van der Waals surface area contributed by atoms with Crippen molar-refractivity contribution < 1.29 is 4.74 Å². The van der Waals surface area contributed by atoms with Crippen LogP contribution < -0.4 is 5.32 Å². The third kappa shape index (κ3) is 3.28. The standard InChI is InChI=1S/C11H20N4O/c1-2-16-9-11-8-15(14-13-11)7-10-4-3-5-12-6-10/h8,10,12H,2-7,9H2,1H3. The second-order valence-electron chi connectivity index (χ2n) is 4.28. The quantitative estimate of drug-likeness (QED) is 0.804. The van der Waals surface area contributed by atoms with Crippen molar-refractivity contribution in [3.63, 3.8) is 0 Å². The smallest absolute Gasteiger partial charge is 0.108 e. The lowest BCUT2D eigenvalue weighted by Crippen LogP contribution is -2.32. The minimum absolute atomic E-state index is 0.569. The molecule has 5 nitrogen and oxygen atoms in total. The number of hydrogen-bond donors (Lipinski definition) is 1. The molecule has 0 aliphatic carbocycles. The van der Waals surface area contributed by atoms with E-state index in [1.165, 1.54) is 12.8 Å². The molecule has 2 rings (SSSR count). The Hall–Kier alpha value is -0.940. The first kappa shape index (κ1) is 11.5. The molecule has 1 N–H and O–H groups in total. The van der Waals surface area contributed by atoms with Gasteiger partial charge in [0, 0.05) is 13.2 Å². The van der Waals surface area contributed by atoms with Gasteiger partial charge in [0.2, 0.25) is 0 Å². The monoisotopic (exact) mass is 224 g/mol. The number of ether oxygens (including phenoxy) is 1. The summed E-state index contributed by atoms with van der Waals surface area (Å²) in [5, 5.41) is 11.6. The van der Waals surface area contributed by atoms with Crippen LogP contribution in [0.25, 0.3) is 0 Å². The van der Waals surface area contributed by atoms with Crippen LogP contribution in [0, 0.1) is 5.92 Å². The summed E-state index contributed by atoms with van der Waals surface area (Å²) in [4.78, 5) is 0. The predicted molar refractivity (Wildman–Crippen MR) is 60.9 cm³/mol. The summed E-state index contributed by atoms with van der Waals surface area (Å²) in [5.74, 6) is 0.690. The third-order valence-electron chi connectivity index (χ3n) is 2.88. The van der Waals surface area contributed by atoms with E-state index in [1.54, 1.807) is 0 Å². The van der Waals surface area contributed by atoms with Gasteiger partial charge in [0.15, 0.2) is 0 Å². The summed E-state index contributed by atoms with van der Waals surface area (Å²) >= 11 is 0. The van der Waals surface area contributed by atoms with Gasteiger partial charge in [-0.1, -0.05) is 5.21 Å². The molecule has 1 atom stereocenters. The fourth-order valence-corrected chi connectivity index (χ4v) is 2.04. The Kier molecular flexibility index (Phi) is 4.30. The molecule has 1 fully saturated rings. The fourth-order valence-electron chi connectivity index (χ4n) is 2.04. The Morgan fingerprint density at radius 3 is 3.31 bits per heavy atom. The SMILES string of the molecule is CCOCc1cn(CC2CCCNC2)nn1. The Morgan fingerprint density at radius 1 is 1.62 bits per heavy atom. The first-order chi connectivity index (χ1) is 7.88. The maximum absolute atomic E-state index is 5.29. The number of rotatable bonds is 5. The Morgan fingerprint density at radius 2 is 2.56 bits per heavy atom. The van der Waals surface area contributed by atoms with Gasteiger partial charge in [-0.2, -0.15) is 0 Å². The number of nitrogens with one attached hydrogen (secondary N) is 1. The molecule has 5 heteroatoms. The van der Waals surface area contributed by atoms with Crippen LogP contribution in [0.4, 0.5) is 0 Å². The van der Waals surface area contributed by atoms with Crippen LogP contribution in [0.3, 0.4) is 0 Å². The van der Waals surface area contributed by atoms with Crippen LogP contribution in [-0.2, 0) is 17.9 Å². The summed E-state index contributed by atoms with van der Waals surface area (Å²) in [7, 11) is 0. The molecule has 1 aromatic rings. The first-order valence-electron chi connectivity index (χ1n) is 6.06. The van der Waals surface area contributed by atoms with E-state index in [0.29, 0.717) is 12.5 Å². The van der Waals surface area contributed by atoms with Crippen molar-refractivity contribution in [2.24, 2.45) is 5.92 Å². The van der Waals surface area contributed by atoms with Gasteiger partial charge in [-0.05, 0) is 38.8 Å². The highest BCUT2D eigenvalue weighted by atomic mass is 16.5. The van der Waals surface area contributed by atoms with Gasteiger partial charge < -0.3 is 10.1 Å². The lowest BCUT2D eigenvalue weighted by Gasteiger charge is -2.22. The largest absolute Gasteiger partial charge is 0.375 e. The molecule has 0 spiro atoms. The highest BCUT2D eigenvalue weighted by Crippen LogP contribution is 2.12. The molecular weight excluding hydrogens is 204 g/mol. The highest BCUT2D eigenvalue weighted by Gasteiger charge is 2.14. The maximum atomic E-state index is 5.29. The van der Waals surface area contributed by atoms with Crippen LogP contribution >= 0.6 is 0 Å². The summed E-state index contributed by atoms with van der Waals surface area (Å²) in [6.07, 6.45) is 4.54. The van der Waals surface area contributed by atoms with Crippen LogP contribution in [-0.4, -0.2) is 34.7 Å². The number of piperidine rings is 1. The molecule has 16 heavy (non-hydrogen) atoms. The molecule has 0 radical (unpaired) electrons. The van der Waals surface area contributed by atoms with Gasteiger partial charge in [0.05, 0.1) is 12.8 Å². The average molecular weight is 224 g/mol. The normalized spacial score (nSPS) is 21.2. The number of nitrogens with zero attached hydrogens (tertiary/aromatic N) is 3. The summed E-state index contributed by atoms with van der Waals surface area (Å²) in [6, 6.07) is 0. The fraction of sp³-hybridized carbons (Fsp3) is 0.818. The molecule has 0 amide bonds. The van der Waals surface area contributed by atoms with Crippen molar-refractivity contribution in [2.75, 3.05) is 19.7 Å². The molecule has 2 heterocycles.